The Bertz CT molecular complexity index is 304. The van der Waals surface area contributed by atoms with Crippen LogP contribution in [0.2, 0.25) is 0 Å². The first-order valence-corrected chi connectivity index (χ1v) is 7.10. The number of guanidine groups is 1. The molecule has 2 fully saturated rings. The third-order valence-electron chi connectivity index (χ3n) is 3.77. The molecule has 0 bridgehead atoms. The van der Waals surface area contributed by atoms with Crippen molar-refractivity contribution in [2.45, 2.75) is 51.0 Å². The van der Waals surface area contributed by atoms with E-state index < -0.39 is 0 Å². The largest absolute Gasteiger partial charge is 0.370 e. The van der Waals surface area contributed by atoms with Crippen LogP contribution in [-0.4, -0.2) is 42.4 Å². The maximum atomic E-state index is 11.8. The van der Waals surface area contributed by atoms with Gasteiger partial charge in [-0.05, 0) is 25.7 Å². The van der Waals surface area contributed by atoms with Crippen LogP contribution in [0.25, 0.3) is 0 Å². The van der Waals surface area contributed by atoms with Crippen LogP contribution in [0.3, 0.4) is 0 Å². The van der Waals surface area contributed by atoms with E-state index >= 15 is 0 Å². The Balaban J connectivity index is 1.64. The fraction of sp³-hybridized carbons (Fsp3) is 0.846. The molecule has 2 rings (SSSR count). The third-order valence-corrected chi connectivity index (χ3v) is 3.77. The normalized spacial score (nSPS) is 21.6. The van der Waals surface area contributed by atoms with Crippen molar-refractivity contribution in [1.29, 1.82) is 0 Å². The summed E-state index contributed by atoms with van der Waals surface area (Å²) in [6.45, 7) is 2.33. The van der Waals surface area contributed by atoms with E-state index in [9.17, 15) is 4.79 Å². The monoisotopic (exact) mass is 252 g/mol. The van der Waals surface area contributed by atoms with Crippen LogP contribution in [0.15, 0.2) is 4.99 Å². The molecular formula is C13H24N4O. The number of hydrogen-bond donors (Lipinski definition) is 2. The van der Waals surface area contributed by atoms with Crippen LogP contribution in [0.4, 0.5) is 0 Å². The SMILES string of the molecule is NC(=NCCC(=O)N1CCCC1)NC1CCCC1. The van der Waals surface area contributed by atoms with E-state index in [0.29, 0.717) is 25.0 Å². The summed E-state index contributed by atoms with van der Waals surface area (Å²) in [5.74, 6) is 0.709. The third kappa shape index (κ3) is 3.89. The first-order valence-electron chi connectivity index (χ1n) is 7.10. The van der Waals surface area contributed by atoms with Gasteiger partial charge < -0.3 is 16.0 Å². The van der Waals surface area contributed by atoms with Gasteiger partial charge in [0.25, 0.3) is 0 Å². The second kappa shape index (κ2) is 6.61. The summed E-state index contributed by atoms with van der Waals surface area (Å²) in [5.41, 5.74) is 5.81. The highest BCUT2D eigenvalue weighted by atomic mass is 16.2. The van der Waals surface area contributed by atoms with Crippen LogP contribution in [0.5, 0.6) is 0 Å². The number of carbonyl (C=O) groups is 1. The first-order chi connectivity index (χ1) is 8.75. The number of amides is 1. The first kappa shape index (κ1) is 13.2. The number of carbonyl (C=O) groups excluding carboxylic acids is 1. The average molecular weight is 252 g/mol. The van der Waals surface area contributed by atoms with Crippen molar-refractivity contribution in [2.75, 3.05) is 19.6 Å². The maximum Gasteiger partial charge on any atom is 0.224 e. The Morgan fingerprint density at radius 2 is 1.89 bits per heavy atom. The summed E-state index contributed by atoms with van der Waals surface area (Å²) in [7, 11) is 0. The summed E-state index contributed by atoms with van der Waals surface area (Å²) < 4.78 is 0. The van der Waals surface area contributed by atoms with Crippen molar-refractivity contribution in [1.82, 2.24) is 10.2 Å². The number of rotatable bonds is 4. The molecule has 5 nitrogen and oxygen atoms in total. The Morgan fingerprint density at radius 3 is 2.56 bits per heavy atom. The van der Waals surface area contributed by atoms with Crippen molar-refractivity contribution in [3.63, 3.8) is 0 Å². The van der Waals surface area contributed by atoms with E-state index in [2.05, 4.69) is 10.3 Å². The van der Waals surface area contributed by atoms with Gasteiger partial charge in [0, 0.05) is 25.6 Å². The van der Waals surface area contributed by atoms with Crippen LogP contribution in [0, 0.1) is 0 Å². The maximum absolute atomic E-state index is 11.8. The van der Waals surface area contributed by atoms with Crippen molar-refractivity contribution >= 4 is 11.9 Å². The highest BCUT2D eigenvalue weighted by molar-refractivity contribution is 5.79. The molecule has 1 aliphatic carbocycles. The molecule has 0 radical (unpaired) electrons. The lowest BCUT2D eigenvalue weighted by molar-refractivity contribution is -0.129. The Morgan fingerprint density at radius 1 is 1.22 bits per heavy atom. The smallest absolute Gasteiger partial charge is 0.224 e. The molecule has 1 amide bonds. The molecule has 0 atom stereocenters. The molecule has 0 aromatic rings. The molecule has 18 heavy (non-hydrogen) atoms. The summed E-state index contributed by atoms with van der Waals surface area (Å²) in [4.78, 5) is 17.9. The lowest BCUT2D eigenvalue weighted by Crippen LogP contribution is -2.38. The average Bonchev–Trinajstić information content (AvgIpc) is 3.00. The van der Waals surface area contributed by atoms with Crippen molar-refractivity contribution in [3.8, 4) is 0 Å². The molecule has 1 heterocycles. The van der Waals surface area contributed by atoms with Crippen molar-refractivity contribution in [3.05, 3.63) is 0 Å². The molecule has 0 aromatic heterocycles. The zero-order valence-electron chi connectivity index (χ0n) is 11.0. The molecule has 0 spiro atoms. The summed E-state index contributed by atoms with van der Waals surface area (Å²) in [6.07, 6.45) is 7.68. The minimum Gasteiger partial charge on any atom is -0.370 e. The molecular weight excluding hydrogens is 228 g/mol. The lowest BCUT2D eigenvalue weighted by Gasteiger charge is -2.15. The minimum absolute atomic E-state index is 0.213. The summed E-state index contributed by atoms with van der Waals surface area (Å²) >= 11 is 0. The fourth-order valence-electron chi connectivity index (χ4n) is 2.72. The highest BCUT2D eigenvalue weighted by Gasteiger charge is 2.17. The molecule has 0 unspecified atom stereocenters. The molecule has 1 saturated carbocycles. The van der Waals surface area contributed by atoms with Crippen LogP contribution in [0.1, 0.15) is 44.9 Å². The number of aliphatic imine (C=N–C) groups is 1. The second-order valence-corrected chi connectivity index (χ2v) is 5.23. The quantitative estimate of drug-likeness (QED) is 0.575. The van der Waals surface area contributed by atoms with E-state index in [1.54, 1.807) is 0 Å². The number of hydrogen-bond acceptors (Lipinski definition) is 2. The molecule has 1 aliphatic heterocycles. The Kier molecular flexibility index (Phi) is 4.84. The van der Waals surface area contributed by atoms with E-state index in [1.807, 2.05) is 4.90 Å². The van der Waals surface area contributed by atoms with Gasteiger partial charge in [-0.15, -0.1) is 0 Å². The van der Waals surface area contributed by atoms with Gasteiger partial charge in [0.15, 0.2) is 5.96 Å². The van der Waals surface area contributed by atoms with Gasteiger partial charge in [0.05, 0.1) is 6.54 Å². The van der Waals surface area contributed by atoms with Gasteiger partial charge in [-0.1, -0.05) is 12.8 Å². The molecule has 102 valence electrons. The predicted octanol–water partition coefficient (Wildman–Crippen LogP) is 0.846. The summed E-state index contributed by atoms with van der Waals surface area (Å²) in [6, 6.07) is 0.489. The van der Waals surface area contributed by atoms with Crippen LogP contribution < -0.4 is 11.1 Å². The van der Waals surface area contributed by atoms with Crippen LogP contribution in [-0.2, 0) is 4.79 Å². The van der Waals surface area contributed by atoms with Gasteiger partial charge in [-0.2, -0.15) is 0 Å². The van der Waals surface area contributed by atoms with E-state index in [0.717, 1.165) is 25.9 Å². The predicted molar refractivity (Wildman–Crippen MR) is 72.3 cm³/mol. The number of nitrogens with two attached hydrogens (primary N) is 1. The van der Waals surface area contributed by atoms with Crippen molar-refractivity contribution in [2.24, 2.45) is 10.7 Å². The molecule has 0 aromatic carbocycles. The van der Waals surface area contributed by atoms with Crippen molar-refractivity contribution < 1.29 is 4.79 Å². The molecule has 3 N–H and O–H groups in total. The molecule has 1 saturated heterocycles. The molecule has 5 heteroatoms. The number of nitrogens with one attached hydrogen (secondary N) is 1. The highest BCUT2D eigenvalue weighted by Crippen LogP contribution is 2.17. The van der Waals surface area contributed by atoms with Gasteiger partial charge in [-0.25, -0.2) is 0 Å². The van der Waals surface area contributed by atoms with E-state index in [4.69, 9.17) is 5.73 Å². The second-order valence-electron chi connectivity index (χ2n) is 5.23. The zero-order valence-corrected chi connectivity index (χ0v) is 11.0. The number of nitrogens with zero attached hydrogens (tertiary/aromatic N) is 2. The summed E-state index contributed by atoms with van der Waals surface area (Å²) in [5, 5.41) is 3.22. The van der Waals surface area contributed by atoms with E-state index in [-0.39, 0.29) is 5.91 Å². The number of likely N-dealkylation sites (tertiary alicyclic amines) is 1. The molecule has 2 aliphatic rings. The standard InChI is InChI=1S/C13H24N4O/c14-13(16-11-5-1-2-6-11)15-8-7-12(18)17-9-3-4-10-17/h11H,1-10H2,(H3,14,15,16). The van der Waals surface area contributed by atoms with Gasteiger partial charge >= 0.3 is 0 Å². The Labute approximate surface area is 109 Å². The van der Waals surface area contributed by atoms with E-state index in [1.165, 1.54) is 25.7 Å². The lowest BCUT2D eigenvalue weighted by atomic mass is 10.2. The topological polar surface area (TPSA) is 70.7 Å². The fourth-order valence-corrected chi connectivity index (χ4v) is 2.72. The van der Waals surface area contributed by atoms with Gasteiger partial charge in [0.1, 0.15) is 0 Å². The van der Waals surface area contributed by atoms with Gasteiger partial charge in [0.2, 0.25) is 5.91 Å². The minimum atomic E-state index is 0.213. The van der Waals surface area contributed by atoms with Gasteiger partial charge in [-0.3, -0.25) is 9.79 Å². The zero-order chi connectivity index (χ0) is 12.8. The Hall–Kier alpha value is -1.26. The van der Waals surface area contributed by atoms with Crippen LogP contribution >= 0.6 is 0 Å².